The van der Waals surface area contributed by atoms with E-state index in [9.17, 15) is 15.0 Å². The number of rotatable bonds is 6. The second-order valence-electron chi connectivity index (χ2n) is 8.01. The van der Waals surface area contributed by atoms with Crippen molar-refractivity contribution in [2.45, 2.75) is 32.6 Å². The number of carboxylic acid groups (broad SMARTS) is 1. The minimum atomic E-state index is -0.672. The Kier molecular flexibility index (Phi) is 6.04. The molecule has 1 aromatic carbocycles. The summed E-state index contributed by atoms with van der Waals surface area (Å²) in [6, 6.07) is 13.4. The number of phenolic OH excluding ortho intramolecular Hbond substituents is 1. The van der Waals surface area contributed by atoms with Gasteiger partial charge in [0.05, 0.1) is 11.6 Å². The SMILES string of the molecule is Cc1ccsc1-c1cc(NCC2CCC(C(=O)O)CC2)nc(-c2ccccc2O)c1. The van der Waals surface area contributed by atoms with Crippen LogP contribution < -0.4 is 5.32 Å². The molecule has 6 heteroatoms. The van der Waals surface area contributed by atoms with Gasteiger partial charge in [0.1, 0.15) is 11.6 Å². The van der Waals surface area contributed by atoms with Gasteiger partial charge in [0.15, 0.2) is 0 Å². The number of anilines is 1. The topological polar surface area (TPSA) is 82.5 Å². The minimum Gasteiger partial charge on any atom is -0.507 e. The van der Waals surface area contributed by atoms with Crippen molar-refractivity contribution < 1.29 is 15.0 Å². The average molecular weight is 423 g/mol. The van der Waals surface area contributed by atoms with Crippen molar-refractivity contribution in [2.24, 2.45) is 11.8 Å². The molecule has 2 heterocycles. The first-order valence-corrected chi connectivity index (χ1v) is 11.2. The summed E-state index contributed by atoms with van der Waals surface area (Å²) in [5, 5.41) is 25.1. The first kappa shape index (κ1) is 20.4. The molecule has 1 fully saturated rings. The van der Waals surface area contributed by atoms with Crippen molar-refractivity contribution >= 4 is 23.1 Å². The third-order valence-corrected chi connectivity index (χ3v) is 6.96. The van der Waals surface area contributed by atoms with Crippen LogP contribution in [0.5, 0.6) is 5.75 Å². The largest absolute Gasteiger partial charge is 0.507 e. The highest BCUT2D eigenvalue weighted by molar-refractivity contribution is 7.13. The van der Waals surface area contributed by atoms with Gasteiger partial charge in [-0.05, 0) is 85.4 Å². The summed E-state index contributed by atoms with van der Waals surface area (Å²) in [6.07, 6.45) is 3.32. The molecule has 4 rings (SSSR count). The van der Waals surface area contributed by atoms with Gasteiger partial charge < -0.3 is 15.5 Å². The number of aliphatic carboxylic acids is 1. The highest BCUT2D eigenvalue weighted by Gasteiger charge is 2.25. The van der Waals surface area contributed by atoms with E-state index in [0.29, 0.717) is 11.5 Å². The van der Waals surface area contributed by atoms with Gasteiger partial charge in [-0.1, -0.05) is 12.1 Å². The zero-order valence-corrected chi connectivity index (χ0v) is 17.8. The number of para-hydroxylation sites is 1. The summed E-state index contributed by atoms with van der Waals surface area (Å²) in [7, 11) is 0. The van der Waals surface area contributed by atoms with Gasteiger partial charge in [-0.3, -0.25) is 4.79 Å². The molecular weight excluding hydrogens is 396 g/mol. The lowest BCUT2D eigenvalue weighted by Crippen LogP contribution is -2.25. The Morgan fingerprint density at radius 2 is 1.93 bits per heavy atom. The molecule has 0 amide bonds. The molecule has 1 saturated carbocycles. The van der Waals surface area contributed by atoms with Crippen molar-refractivity contribution in [3.63, 3.8) is 0 Å². The molecule has 0 atom stereocenters. The van der Waals surface area contributed by atoms with Crippen LogP contribution in [0.2, 0.25) is 0 Å². The number of benzene rings is 1. The zero-order chi connectivity index (χ0) is 21.1. The standard InChI is InChI=1S/C24H26N2O3S/c1-15-10-11-30-23(15)18-12-20(19-4-2-3-5-21(19)27)26-22(13-18)25-14-16-6-8-17(9-7-16)24(28)29/h2-5,10-13,16-17,27H,6-9,14H2,1H3,(H,25,26)(H,28,29). The molecule has 1 aliphatic rings. The lowest BCUT2D eigenvalue weighted by molar-refractivity contribution is -0.143. The van der Waals surface area contributed by atoms with E-state index >= 15 is 0 Å². The van der Waals surface area contributed by atoms with Gasteiger partial charge in [0, 0.05) is 17.0 Å². The van der Waals surface area contributed by atoms with Gasteiger partial charge in [-0.2, -0.15) is 0 Å². The molecule has 0 unspecified atom stereocenters. The van der Waals surface area contributed by atoms with Gasteiger partial charge in [0.2, 0.25) is 0 Å². The number of aromatic nitrogens is 1. The maximum atomic E-state index is 11.2. The molecule has 1 aliphatic carbocycles. The van der Waals surface area contributed by atoms with Crippen LogP contribution in [-0.2, 0) is 4.79 Å². The number of hydrogen-bond acceptors (Lipinski definition) is 5. The van der Waals surface area contributed by atoms with Crippen LogP contribution in [0.3, 0.4) is 0 Å². The van der Waals surface area contributed by atoms with Gasteiger partial charge >= 0.3 is 5.97 Å². The van der Waals surface area contributed by atoms with Crippen molar-refractivity contribution in [2.75, 3.05) is 11.9 Å². The second-order valence-corrected chi connectivity index (χ2v) is 8.93. The molecule has 5 nitrogen and oxygen atoms in total. The summed E-state index contributed by atoms with van der Waals surface area (Å²) in [5.74, 6) is 0.566. The molecule has 0 spiro atoms. The van der Waals surface area contributed by atoms with Crippen LogP contribution in [0, 0.1) is 18.8 Å². The Balaban J connectivity index is 1.58. The van der Waals surface area contributed by atoms with E-state index < -0.39 is 5.97 Å². The summed E-state index contributed by atoms with van der Waals surface area (Å²) >= 11 is 1.69. The number of nitrogens with zero attached hydrogens (tertiary/aromatic N) is 1. The Hall–Kier alpha value is -2.86. The fraction of sp³-hybridized carbons (Fsp3) is 0.333. The number of aryl methyl sites for hydroxylation is 1. The molecular formula is C24H26N2O3S. The fourth-order valence-corrected chi connectivity index (χ4v) is 5.03. The van der Waals surface area contributed by atoms with Crippen LogP contribution in [0.1, 0.15) is 31.2 Å². The number of pyridine rings is 1. The number of thiophene rings is 1. The van der Waals surface area contributed by atoms with Crippen LogP contribution >= 0.6 is 11.3 Å². The van der Waals surface area contributed by atoms with Crippen molar-refractivity contribution in [3.8, 4) is 27.4 Å². The highest BCUT2D eigenvalue weighted by Crippen LogP contribution is 2.36. The summed E-state index contributed by atoms with van der Waals surface area (Å²) in [6.45, 7) is 2.87. The van der Waals surface area contributed by atoms with E-state index in [1.807, 2.05) is 18.2 Å². The number of nitrogens with one attached hydrogen (secondary N) is 1. The van der Waals surface area contributed by atoms with Gasteiger partial charge in [-0.25, -0.2) is 4.98 Å². The summed E-state index contributed by atoms with van der Waals surface area (Å²) in [5.41, 5.74) is 3.73. The summed E-state index contributed by atoms with van der Waals surface area (Å²) < 4.78 is 0. The maximum Gasteiger partial charge on any atom is 0.306 e. The number of carboxylic acids is 1. The lowest BCUT2D eigenvalue weighted by atomic mass is 9.82. The van der Waals surface area contributed by atoms with Gasteiger partial charge in [-0.15, -0.1) is 11.3 Å². The third kappa shape index (κ3) is 4.49. The Labute approximate surface area is 180 Å². The molecule has 0 aliphatic heterocycles. The number of aromatic hydroxyl groups is 1. The summed E-state index contributed by atoms with van der Waals surface area (Å²) in [4.78, 5) is 17.1. The smallest absolute Gasteiger partial charge is 0.306 e. The maximum absolute atomic E-state index is 11.2. The first-order chi connectivity index (χ1) is 14.5. The van der Waals surface area contributed by atoms with E-state index in [1.54, 1.807) is 23.5 Å². The Morgan fingerprint density at radius 1 is 1.17 bits per heavy atom. The van der Waals surface area contributed by atoms with Gasteiger partial charge in [0.25, 0.3) is 0 Å². The fourth-order valence-electron chi connectivity index (χ4n) is 4.11. The molecule has 0 bridgehead atoms. The number of phenols is 1. The average Bonchev–Trinajstić information content (AvgIpc) is 3.18. The van der Waals surface area contributed by atoms with Crippen LogP contribution in [0.4, 0.5) is 5.82 Å². The third-order valence-electron chi connectivity index (χ3n) is 5.90. The van der Waals surface area contributed by atoms with E-state index in [-0.39, 0.29) is 11.7 Å². The normalized spacial score (nSPS) is 18.8. The molecule has 3 N–H and O–H groups in total. The molecule has 2 aromatic heterocycles. The lowest BCUT2D eigenvalue weighted by Gasteiger charge is -2.26. The quantitative estimate of drug-likeness (QED) is 0.468. The van der Waals surface area contributed by atoms with E-state index in [1.165, 1.54) is 10.4 Å². The molecule has 3 aromatic rings. The predicted molar refractivity (Wildman–Crippen MR) is 121 cm³/mol. The van der Waals surface area contributed by atoms with Crippen LogP contribution in [0.25, 0.3) is 21.7 Å². The van der Waals surface area contributed by atoms with Crippen molar-refractivity contribution in [1.82, 2.24) is 4.98 Å². The number of carbonyl (C=O) groups is 1. The minimum absolute atomic E-state index is 0.197. The predicted octanol–water partition coefficient (Wildman–Crippen LogP) is 5.79. The highest BCUT2D eigenvalue weighted by atomic mass is 32.1. The Morgan fingerprint density at radius 3 is 2.60 bits per heavy atom. The molecule has 156 valence electrons. The first-order valence-electron chi connectivity index (χ1n) is 10.3. The monoisotopic (exact) mass is 422 g/mol. The molecule has 0 radical (unpaired) electrons. The zero-order valence-electron chi connectivity index (χ0n) is 17.0. The van der Waals surface area contributed by atoms with E-state index in [0.717, 1.165) is 49.3 Å². The van der Waals surface area contributed by atoms with Crippen molar-refractivity contribution in [1.29, 1.82) is 0 Å². The van der Waals surface area contributed by atoms with E-state index in [4.69, 9.17) is 4.98 Å². The molecule has 30 heavy (non-hydrogen) atoms. The molecule has 0 saturated heterocycles. The van der Waals surface area contributed by atoms with E-state index in [2.05, 4.69) is 29.8 Å². The van der Waals surface area contributed by atoms with Crippen LogP contribution in [-0.4, -0.2) is 27.7 Å². The van der Waals surface area contributed by atoms with Crippen molar-refractivity contribution in [3.05, 3.63) is 53.4 Å². The van der Waals surface area contributed by atoms with Crippen LogP contribution in [0.15, 0.2) is 47.8 Å². The second kappa shape index (κ2) is 8.88. The Bertz CT molecular complexity index is 1040. The number of hydrogen-bond donors (Lipinski definition) is 3.